The van der Waals surface area contributed by atoms with Gasteiger partial charge in [0.1, 0.15) is 17.7 Å². The maximum atomic E-state index is 14.3. The molecule has 1 aliphatic carbocycles. The minimum Gasteiger partial charge on any atom is -0.444 e. The molecule has 0 aromatic rings. The molecule has 1 saturated carbocycles. The summed E-state index contributed by atoms with van der Waals surface area (Å²) in [5, 5.41) is 6.19. The lowest BCUT2D eigenvalue weighted by atomic mass is 9.82. The van der Waals surface area contributed by atoms with Crippen LogP contribution in [-0.4, -0.2) is 53.1 Å². The first-order valence-electron chi connectivity index (χ1n) is 17.5. The summed E-state index contributed by atoms with van der Waals surface area (Å²) in [5.74, 6) is 0.00505. The summed E-state index contributed by atoms with van der Waals surface area (Å²) in [7, 11) is 0. The maximum absolute atomic E-state index is 14.3. The normalized spacial score (nSPS) is 21.1. The summed E-state index contributed by atoms with van der Waals surface area (Å²) in [6, 6.07) is -1.51. The average Bonchev–Trinajstić information content (AvgIpc) is 3.40. The lowest BCUT2D eigenvalue weighted by Crippen LogP contribution is -2.58. The van der Waals surface area contributed by atoms with E-state index in [4.69, 9.17) is 4.74 Å². The van der Waals surface area contributed by atoms with Crippen molar-refractivity contribution in [1.29, 1.82) is 0 Å². The number of nitrogens with one attached hydrogen (secondary N) is 2. The van der Waals surface area contributed by atoms with Gasteiger partial charge < -0.3 is 20.3 Å². The van der Waals surface area contributed by atoms with Crippen molar-refractivity contribution in [3.8, 4) is 0 Å². The summed E-state index contributed by atoms with van der Waals surface area (Å²) < 4.78 is 5.78. The Morgan fingerprint density at radius 3 is 2.14 bits per heavy atom. The Bertz CT molecular complexity index is 995. The zero-order chi connectivity index (χ0) is 33.2. The molecule has 252 valence electrons. The van der Waals surface area contributed by atoms with Crippen LogP contribution in [0.5, 0.6) is 0 Å². The van der Waals surface area contributed by atoms with Gasteiger partial charge in [0, 0.05) is 12.6 Å². The number of carbonyl (C=O) groups excluding carboxylic acids is 3. The van der Waals surface area contributed by atoms with Gasteiger partial charge in [-0.3, -0.25) is 9.59 Å². The molecule has 2 N–H and O–H groups in total. The zero-order valence-electron chi connectivity index (χ0n) is 29.7. The fourth-order valence-electron chi connectivity index (χ4n) is 7.03. The molecule has 3 unspecified atom stereocenters. The molecule has 4 atom stereocenters. The van der Waals surface area contributed by atoms with E-state index in [0.29, 0.717) is 6.54 Å². The summed E-state index contributed by atoms with van der Waals surface area (Å²) >= 11 is 0. The second-order valence-corrected chi connectivity index (χ2v) is 15.4. The quantitative estimate of drug-likeness (QED) is 0.171. The fraction of sp³-hybridized carbons (Fsp3) is 0.811. The Kier molecular flexibility index (Phi) is 14.5. The maximum Gasteiger partial charge on any atom is 0.408 e. The van der Waals surface area contributed by atoms with Crippen LogP contribution < -0.4 is 10.6 Å². The second kappa shape index (κ2) is 16.8. The fourth-order valence-corrected chi connectivity index (χ4v) is 7.03. The van der Waals surface area contributed by atoms with Gasteiger partial charge in [-0.15, -0.1) is 0 Å². The van der Waals surface area contributed by atoms with Crippen molar-refractivity contribution >= 4 is 17.9 Å². The first-order valence-corrected chi connectivity index (χ1v) is 17.5. The van der Waals surface area contributed by atoms with Gasteiger partial charge in [0.25, 0.3) is 0 Å². The molecule has 0 aromatic carbocycles. The van der Waals surface area contributed by atoms with Crippen molar-refractivity contribution in [2.24, 2.45) is 23.2 Å². The monoisotopic (exact) mass is 615 g/mol. The molecule has 1 aliphatic heterocycles. The third kappa shape index (κ3) is 11.2. The Hall–Kier alpha value is -2.31. The highest BCUT2D eigenvalue weighted by atomic mass is 16.6. The van der Waals surface area contributed by atoms with Crippen LogP contribution in [0.4, 0.5) is 4.79 Å². The highest BCUT2D eigenvalue weighted by molar-refractivity contribution is 5.92. The third-order valence-electron chi connectivity index (χ3n) is 10.2. The van der Waals surface area contributed by atoms with Crippen LogP contribution in [0.3, 0.4) is 0 Å². The van der Waals surface area contributed by atoms with Gasteiger partial charge in [0.15, 0.2) is 0 Å². The van der Waals surface area contributed by atoms with Crippen molar-refractivity contribution < 1.29 is 19.1 Å². The van der Waals surface area contributed by atoms with E-state index >= 15 is 0 Å². The molecule has 7 nitrogen and oxygen atoms in total. The number of hydrogen-bond donors (Lipinski definition) is 2. The number of amides is 3. The lowest BCUT2D eigenvalue weighted by Gasteiger charge is -2.36. The van der Waals surface area contributed by atoms with Crippen molar-refractivity contribution in [2.45, 2.75) is 163 Å². The molecular formula is C37H65N3O4. The lowest BCUT2D eigenvalue weighted by molar-refractivity contribution is -0.142. The van der Waals surface area contributed by atoms with E-state index in [0.717, 1.165) is 82.6 Å². The van der Waals surface area contributed by atoms with Crippen molar-refractivity contribution in [3.05, 3.63) is 24.3 Å². The van der Waals surface area contributed by atoms with Crippen LogP contribution in [0, 0.1) is 23.2 Å². The van der Waals surface area contributed by atoms with Crippen LogP contribution in [0.1, 0.15) is 139 Å². The Balaban J connectivity index is 2.19. The van der Waals surface area contributed by atoms with Gasteiger partial charge >= 0.3 is 6.09 Å². The first kappa shape index (κ1) is 37.9. The highest BCUT2D eigenvalue weighted by Gasteiger charge is 2.46. The van der Waals surface area contributed by atoms with Gasteiger partial charge in [0.2, 0.25) is 11.8 Å². The summed E-state index contributed by atoms with van der Waals surface area (Å²) in [6.45, 7) is 27.9. The van der Waals surface area contributed by atoms with E-state index in [2.05, 4.69) is 65.3 Å². The number of hydrogen-bond acceptors (Lipinski definition) is 4. The van der Waals surface area contributed by atoms with Crippen LogP contribution in [0.15, 0.2) is 24.3 Å². The average molecular weight is 616 g/mol. The molecular weight excluding hydrogens is 550 g/mol. The smallest absolute Gasteiger partial charge is 0.408 e. The number of allylic oxidation sites excluding steroid dienone is 1. The largest absolute Gasteiger partial charge is 0.444 e. The minimum atomic E-state index is -0.702. The molecule has 2 rings (SSSR count). The number of carbonyl (C=O) groups is 3. The Labute approximate surface area is 269 Å². The van der Waals surface area contributed by atoms with Crippen molar-refractivity contribution in [3.63, 3.8) is 0 Å². The number of ether oxygens (including phenoxy) is 1. The molecule has 1 heterocycles. The summed E-state index contributed by atoms with van der Waals surface area (Å²) in [6.07, 6.45) is 10.5. The van der Waals surface area contributed by atoms with Crippen LogP contribution >= 0.6 is 0 Å². The zero-order valence-corrected chi connectivity index (χ0v) is 29.7. The number of rotatable bonds is 16. The summed E-state index contributed by atoms with van der Waals surface area (Å²) in [5.41, 5.74) is 1.79. The van der Waals surface area contributed by atoms with E-state index in [1.54, 1.807) is 4.90 Å². The predicted molar refractivity (Wildman–Crippen MR) is 181 cm³/mol. The molecule has 2 fully saturated rings. The van der Waals surface area contributed by atoms with Gasteiger partial charge in [-0.25, -0.2) is 4.79 Å². The first-order chi connectivity index (χ1) is 20.5. The molecule has 7 heteroatoms. The van der Waals surface area contributed by atoms with Gasteiger partial charge in [-0.2, -0.15) is 0 Å². The topological polar surface area (TPSA) is 87.7 Å². The molecule has 44 heavy (non-hydrogen) atoms. The van der Waals surface area contributed by atoms with Crippen molar-refractivity contribution in [2.75, 3.05) is 6.54 Å². The van der Waals surface area contributed by atoms with E-state index in [1.165, 1.54) is 5.57 Å². The van der Waals surface area contributed by atoms with Gasteiger partial charge in [-0.1, -0.05) is 98.0 Å². The van der Waals surface area contributed by atoms with Gasteiger partial charge in [-0.05, 0) is 88.9 Å². The molecule has 0 radical (unpaired) electrons. The van der Waals surface area contributed by atoms with Crippen LogP contribution in [0.2, 0.25) is 0 Å². The molecule has 0 spiro atoms. The molecule has 2 aliphatic rings. The van der Waals surface area contributed by atoms with Crippen LogP contribution in [-0.2, 0) is 14.3 Å². The highest BCUT2D eigenvalue weighted by Crippen LogP contribution is 2.35. The van der Waals surface area contributed by atoms with E-state index in [-0.39, 0.29) is 41.0 Å². The Morgan fingerprint density at radius 1 is 0.932 bits per heavy atom. The van der Waals surface area contributed by atoms with Gasteiger partial charge in [0.05, 0.1) is 0 Å². The van der Waals surface area contributed by atoms with E-state index in [1.807, 2.05) is 20.8 Å². The second-order valence-electron chi connectivity index (χ2n) is 15.4. The minimum absolute atomic E-state index is 0.0318. The van der Waals surface area contributed by atoms with E-state index in [9.17, 15) is 14.4 Å². The standard InChI is InChI=1S/C37H65N3O4/c1-12-22-37(10,11)44-35(43)39-31(29-17-15-14-16-18-29)34(42)40-23-21-30(25(3)4)32(40)33(41)38-28(7)27(6)20-19-26(5)24-36(8,9)13-2/h25,28-32H,5-6,12-24H2,1-4,7-11H3,(H,38,41)(H,39,43)/t28?,30-,31?,32?/m1/s1. The van der Waals surface area contributed by atoms with E-state index < -0.39 is 23.8 Å². The number of alkyl carbamates (subject to hydrolysis) is 1. The predicted octanol–water partition coefficient (Wildman–Crippen LogP) is 8.34. The number of nitrogens with zero attached hydrogens (tertiary/aromatic N) is 1. The number of likely N-dealkylation sites (tertiary alicyclic amines) is 1. The SMILES string of the molecule is C=C(CCC(=C)C(C)NC(=O)C1[C@@H](C(C)C)CCN1C(=O)C(NC(=O)OC(C)(C)CCC)C1CCCCC1)CC(C)(C)CC. The van der Waals surface area contributed by atoms with Crippen LogP contribution in [0.25, 0.3) is 0 Å². The molecule has 3 amide bonds. The van der Waals surface area contributed by atoms with Crippen molar-refractivity contribution in [1.82, 2.24) is 15.5 Å². The Morgan fingerprint density at radius 2 is 1.57 bits per heavy atom. The molecule has 1 saturated heterocycles. The third-order valence-corrected chi connectivity index (χ3v) is 10.2. The summed E-state index contributed by atoms with van der Waals surface area (Å²) in [4.78, 5) is 43.2. The molecule has 0 aromatic heterocycles. The molecule has 0 bridgehead atoms.